The number of pyridine rings is 1. The smallest absolute Gasteiger partial charge is 0.407 e. The third-order valence-corrected chi connectivity index (χ3v) is 3.45. The molecule has 2 aromatic rings. The van der Waals surface area contributed by atoms with Crippen molar-refractivity contribution in [3.8, 4) is 0 Å². The molecule has 1 aromatic heterocycles. The van der Waals surface area contributed by atoms with Crippen LogP contribution in [-0.4, -0.2) is 22.2 Å². The first-order valence-corrected chi connectivity index (χ1v) is 7.63. The van der Waals surface area contributed by atoms with Crippen molar-refractivity contribution in [3.05, 3.63) is 64.4 Å². The number of halogens is 1. The number of hydrogen-bond donors (Lipinski definition) is 2. The van der Waals surface area contributed by atoms with Crippen molar-refractivity contribution < 1.29 is 19.4 Å². The van der Waals surface area contributed by atoms with Crippen LogP contribution in [0.4, 0.5) is 4.79 Å². The summed E-state index contributed by atoms with van der Waals surface area (Å²) < 4.78 is 5.82. The zero-order valence-corrected chi connectivity index (χ0v) is 13.7. The average molecular weight is 379 g/mol. The van der Waals surface area contributed by atoms with Crippen LogP contribution in [0.1, 0.15) is 23.6 Å². The molecule has 0 fully saturated rings. The fourth-order valence-electron chi connectivity index (χ4n) is 1.95. The predicted octanol–water partition coefficient (Wildman–Crippen LogP) is 3.29. The van der Waals surface area contributed by atoms with Crippen LogP contribution in [0.25, 0.3) is 0 Å². The lowest BCUT2D eigenvalue weighted by atomic mass is 10.1. The predicted molar refractivity (Wildman–Crippen MR) is 86.7 cm³/mol. The summed E-state index contributed by atoms with van der Waals surface area (Å²) in [6, 6.07) is 10.2. The molecule has 1 unspecified atom stereocenters. The number of alkyl carbamates (subject to hydrolysis) is 1. The molecule has 0 radical (unpaired) electrons. The molecule has 1 amide bonds. The number of hydrogen-bond acceptors (Lipinski definition) is 4. The zero-order chi connectivity index (χ0) is 16.7. The van der Waals surface area contributed by atoms with E-state index in [0.717, 1.165) is 5.56 Å². The molecule has 7 heteroatoms. The Morgan fingerprint density at radius 1 is 1.26 bits per heavy atom. The maximum absolute atomic E-state index is 11.9. The number of nitrogens with one attached hydrogen (secondary N) is 1. The van der Waals surface area contributed by atoms with Gasteiger partial charge in [0.05, 0.1) is 12.5 Å². The van der Waals surface area contributed by atoms with E-state index >= 15 is 0 Å². The SMILES string of the molecule is O=C(O)CC(NC(=O)OCc1ccccc1)c1cncc(Br)c1. The van der Waals surface area contributed by atoms with Gasteiger partial charge >= 0.3 is 12.1 Å². The highest BCUT2D eigenvalue weighted by Gasteiger charge is 2.19. The van der Waals surface area contributed by atoms with Crippen LogP contribution >= 0.6 is 15.9 Å². The minimum Gasteiger partial charge on any atom is -0.481 e. The molecule has 0 aliphatic heterocycles. The van der Waals surface area contributed by atoms with Crippen molar-refractivity contribution in [1.82, 2.24) is 10.3 Å². The van der Waals surface area contributed by atoms with E-state index in [1.54, 1.807) is 12.3 Å². The number of carboxylic acids is 1. The number of rotatable bonds is 6. The molecule has 1 atom stereocenters. The van der Waals surface area contributed by atoms with Gasteiger partial charge in [-0.1, -0.05) is 30.3 Å². The largest absolute Gasteiger partial charge is 0.481 e. The summed E-state index contributed by atoms with van der Waals surface area (Å²) in [5, 5.41) is 11.6. The number of carbonyl (C=O) groups is 2. The van der Waals surface area contributed by atoms with Gasteiger partial charge in [0.25, 0.3) is 0 Å². The van der Waals surface area contributed by atoms with Gasteiger partial charge in [-0.05, 0) is 33.1 Å². The molecule has 0 bridgehead atoms. The fraction of sp³-hybridized carbons (Fsp3) is 0.188. The Hall–Kier alpha value is -2.41. The third kappa shape index (κ3) is 5.71. The van der Waals surface area contributed by atoms with Crippen molar-refractivity contribution in [2.75, 3.05) is 0 Å². The lowest BCUT2D eigenvalue weighted by Gasteiger charge is -2.17. The number of nitrogens with zero attached hydrogens (tertiary/aromatic N) is 1. The number of carboxylic acid groups (broad SMARTS) is 1. The third-order valence-electron chi connectivity index (χ3n) is 3.01. The minimum atomic E-state index is -1.03. The van der Waals surface area contributed by atoms with Gasteiger partial charge in [-0.3, -0.25) is 9.78 Å². The summed E-state index contributed by atoms with van der Waals surface area (Å²) in [6.45, 7) is 0.114. The Morgan fingerprint density at radius 3 is 2.65 bits per heavy atom. The number of carbonyl (C=O) groups excluding carboxylic acids is 1. The van der Waals surface area contributed by atoms with Crippen LogP contribution in [-0.2, 0) is 16.1 Å². The van der Waals surface area contributed by atoms with Crippen molar-refractivity contribution in [2.45, 2.75) is 19.1 Å². The van der Waals surface area contributed by atoms with Crippen LogP contribution < -0.4 is 5.32 Å². The molecular formula is C16H15BrN2O4. The average Bonchev–Trinajstić information content (AvgIpc) is 2.53. The van der Waals surface area contributed by atoms with E-state index in [0.29, 0.717) is 10.0 Å². The van der Waals surface area contributed by atoms with Gasteiger partial charge in [0.15, 0.2) is 0 Å². The Kier molecular flexibility index (Phi) is 6.10. The zero-order valence-electron chi connectivity index (χ0n) is 12.1. The van der Waals surface area contributed by atoms with E-state index < -0.39 is 18.1 Å². The monoisotopic (exact) mass is 378 g/mol. The molecular weight excluding hydrogens is 364 g/mol. The first-order valence-electron chi connectivity index (χ1n) is 6.84. The minimum absolute atomic E-state index is 0.114. The van der Waals surface area contributed by atoms with Gasteiger partial charge in [0, 0.05) is 16.9 Å². The molecule has 120 valence electrons. The van der Waals surface area contributed by atoms with E-state index in [1.165, 1.54) is 6.20 Å². The normalized spacial score (nSPS) is 11.5. The summed E-state index contributed by atoms with van der Waals surface area (Å²) in [5.74, 6) is -1.03. The lowest BCUT2D eigenvalue weighted by molar-refractivity contribution is -0.137. The second-order valence-corrected chi connectivity index (χ2v) is 5.71. The summed E-state index contributed by atoms with van der Waals surface area (Å²) in [6.07, 6.45) is 2.14. The summed E-state index contributed by atoms with van der Waals surface area (Å²) in [7, 11) is 0. The van der Waals surface area contributed by atoms with Crippen LogP contribution in [0.3, 0.4) is 0 Å². The Balaban J connectivity index is 1.99. The molecule has 0 aliphatic rings. The second kappa shape index (κ2) is 8.28. The first-order chi connectivity index (χ1) is 11.0. The second-order valence-electron chi connectivity index (χ2n) is 4.79. The maximum atomic E-state index is 11.9. The van der Waals surface area contributed by atoms with E-state index in [-0.39, 0.29) is 13.0 Å². The molecule has 23 heavy (non-hydrogen) atoms. The highest BCUT2D eigenvalue weighted by molar-refractivity contribution is 9.10. The number of ether oxygens (including phenoxy) is 1. The van der Waals surface area contributed by atoms with Crippen LogP contribution in [0.2, 0.25) is 0 Å². The van der Waals surface area contributed by atoms with Crippen LogP contribution in [0.5, 0.6) is 0 Å². The highest BCUT2D eigenvalue weighted by Crippen LogP contribution is 2.20. The summed E-state index contributed by atoms with van der Waals surface area (Å²) in [4.78, 5) is 26.9. The summed E-state index contributed by atoms with van der Waals surface area (Å²) >= 11 is 3.27. The van der Waals surface area contributed by atoms with E-state index in [2.05, 4.69) is 26.2 Å². The van der Waals surface area contributed by atoms with Crippen molar-refractivity contribution in [3.63, 3.8) is 0 Å². The van der Waals surface area contributed by atoms with Crippen LogP contribution in [0.15, 0.2) is 53.3 Å². The van der Waals surface area contributed by atoms with Gasteiger partial charge in [0.2, 0.25) is 0 Å². The Morgan fingerprint density at radius 2 is 2.00 bits per heavy atom. The molecule has 0 spiro atoms. The standard InChI is InChI=1S/C16H15BrN2O4/c17-13-6-12(8-18-9-13)14(7-15(20)21)19-16(22)23-10-11-4-2-1-3-5-11/h1-6,8-9,14H,7,10H2,(H,19,22)(H,20,21). The topological polar surface area (TPSA) is 88.5 Å². The number of aliphatic carboxylic acids is 1. The lowest BCUT2D eigenvalue weighted by Crippen LogP contribution is -2.30. The van der Waals surface area contributed by atoms with E-state index in [9.17, 15) is 9.59 Å². The fourth-order valence-corrected chi connectivity index (χ4v) is 2.34. The molecule has 0 saturated carbocycles. The van der Waals surface area contributed by atoms with Gasteiger partial charge in [0.1, 0.15) is 6.61 Å². The van der Waals surface area contributed by atoms with Gasteiger partial charge in [-0.25, -0.2) is 4.79 Å². The molecule has 2 N–H and O–H groups in total. The summed E-state index contributed by atoms with van der Waals surface area (Å²) in [5.41, 5.74) is 1.43. The van der Waals surface area contributed by atoms with Crippen molar-refractivity contribution >= 4 is 28.0 Å². The van der Waals surface area contributed by atoms with Crippen molar-refractivity contribution in [1.29, 1.82) is 0 Å². The Labute approximate surface area is 141 Å². The molecule has 1 heterocycles. The molecule has 2 rings (SSSR count). The van der Waals surface area contributed by atoms with Gasteiger partial charge in [-0.15, -0.1) is 0 Å². The number of amides is 1. The highest BCUT2D eigenvalue weighted by atomic mass is 79.9. The Bertz CT molecular complexity index is 679. The molecule has 0 aliphatic carbocycles. The van der Waals surface area contributed by atoms with E-state index in [1.807, 2.05) is 30.3 Å². The molecule has 1 aromatic carbocycles. The van der Waals surface area contributed by atoms with E-state index in [4.69, 9.17) is 9.84 Å². The van der Waals surface area contributed by atoms with Gasteiger partial charge < -0.3 is 15.2 Å². The quantitative estimate of drug-likeness (QED) is 0.804. The number of aromatic nitrogens is 1. The van der Waals surface area contributed by atoms with Crippen molar-refractivity contribution in [2.24, 2.45) is 0 Å². The molecule has 0 saturated heterocycles. The number of benzene rings is 1. The van der Waals surface area contributed by atoms with Crippen LogP contribution in [0, 0.1) is 0 Å². The maximum Gasteiger partial charge on any atom is 0.407 e. The molecule has 6 nitrogen and oxygen atoms in total. The van der Waals surface area contributed by atoms with Gasteiger partial charge in [-0.2, -0.15) is 0 Å². The first kappa shape index (κ1) is 17.0.